The first-order valence-electron chi connectivity index (χ1n) is 3.70. The van der Waals surface area contributed by atoms with Crippen LogP contribution in [0.1, 0.15) is 11.7 Å². The summed E-state index contributed by atoms with van der Waals surface area (Å²) in [4.78, 5) is 3.91. The SMILES string of the molecule is C=CC(NC)c1ncccc1F. The molecule has 0 aliphatic rings. The molecular weight excluding hydrogens is 155 g/mol. The van der Waals surface area contributed by atoms with E-state index in [0.29, 0.717) is 5.69 Å². The summed E-state index contributed by atoms with van der Waals surface area (Å²) in [6.45, 7) is 3.58. The van der Waals surface area contributed by atoms with Gasteiger partial charge in [0.25, 0.3) is 0 Å². The van der Waals surface area contributed by atoms with Crippen molar-refractivity contribution in [3.63, 3.8) is 0 Å². The maximum Gasteiger partial charge on any atom is 0.146 e. The molecule has 1 unspecified atom stereocenters. The third kappa shape index (κ3) is 1.68. The molecule has 1 aromatic heterocycles. The summed E-state index contributed by atoms with van der Waals surface area (Å²) < 4.78 is 13.1. The van der Waals surface area contributed by atoms with E-state index in [-0.39, 0.29) is 11.9 Å². The van der Waals surface area contributed by atoms with Gasteiger partial charge in [-0.15, -0.1) is 6.58 Å². The maximum absolute atomic E-state index is 13.1. The minimum absolute atomic E-state index is 0.216. The monoisotopic (exact) mass is 166 g/mol. The maximum atomic E-state index is 13.1. The summed E-state index contributed by atoms with van der Waals surface area (Å²) in [5, 5.41) is 2.89. The molecule has 1 aromatic rings. The number of likely N-dealkylation sites (N-methyl/N-ethyl adjacent to an activating group) is 1. The van der Waals surface area contributed by atoms with Crippen molar-refractivity contribution in [3.05, 3.63) is 42.5 Å². The second kappa shape index (κ2) is 3.97. The van der Waals surface area contributed by atoms with E-state index in [0.717, 1.165) is 0 Å². The van der Waals surface area contributed by atoms with E-state index >= 15 is 0 Å². The van der Waals surface area contributed by atoms with Crippen molar-refractivity contribution >= 4 is 0 Å². The standard InChI is InChI=1S/C9H11FN2/c1-3-8(11-2)9-7(10)5-4-6-12-9/h3-6,8,11H,1H2,2H3. The van der Waals surface area contributed by atoms with Gasteiger partial charge < -0.3 is 5.32 Å². The van der Waals surface area contributed by atoms with Crippen LogP contribution in [0.3, 0.4) is 0 Å². The van der Waals surface area contributed by atoms with Crippen LogP contribution in [0.15, 0.2) is 31.0 Å². The molecule has 1 N–H and O–H groups in total. The third-order valence-electron chi connectivity index (χ3n) is 1.63. The van der Waals surface area contributed by atoms with Crippen molar-refractivity contribution in [2.24, 2.45) is 0 Å². The molecule has 0 spiro atoms. The Morgan fingerprint density at radius 3 is 3.00 bits per heavy atom. The zero-order valence-electron chi connectivity index (χ0n) is 6.92. The predicted molar refractivity (Wildman–Crippen MR) is 46.2 cm³/mol. The lowest BCUT2D eigenvalue weighted by molar-refractivity contribution is 0.566. The summed E-state index contributed by atoms with van der Waals surface area (Å²) in [6.07, 6.45) is 3.18. The Morgan fingerprint density at radius 2 is 2.50 bits per heavy atom. The van der Waals surface area contributed by atoms with E-state index in [1.807, 2.05) is 0 Å². The predicted octanol–water partition coefficient (Wildman–Crippen LogP) is 1.67. The molecule has 0 saturated carbocycles. The first kappa shape index (κ1) is 8.87. The summed E-state index contributed by atoms with van der Waals surface area (Å²) in [7, 11) is 1.74. The van der Waals surface area contributed by atoms with Crippen LogP contribution in [0.25, 0.3) is 0 Å². The molecule has 0 radical (unpaired) electrons. The molecule has 0 aromatic carbocycles. The fourth-order valence-electron chi connectivity index (χ4n) is 0.993. The number of aromatic nitrogens is 1. The van der Waals surface area contributed by atoms with Gasteiger partial charge in [0.15, 0.2) is 0 Å². The molecule has 1 atom stereocenters. The molecule has 0 aliphatic heterocycles. The lowest BCUT2D eigenvalue weighted by atomic mass is 10.2. The molecule has 1 heterocycles. The van der Waals surface area contributed by atoms with E-state index < -0.39 is 0 Å². The number of hydrogen-bond donors (Lipinski definition) is 1. The highest BCUT2D eigenvalue weighted by molar-refractivity contribution is 5.15. The Hall–Kier alpha value is -1.22. The zero-order valence-corrected chi connectivity index (χ0v) is 6.92. The van der Waals surface area contributed by atoms with Crippen molar-refractivity contribution in [1.82, 2.24) is 10.3 Å². The fourth-order valence-corrected chi connectivity index (χ4v) is 0.993. The number of nitrogens with one attached hydrogen (secondary N) is 1. The van der Waals surface area contributed by atoms with Crippen molar-refractivity contribution < 1.29 is 4.39 Å². The van der Waals surface area contributed by atoms with E-state index in [1.54, 1.807) is 25.4 Å². The number of halogens is 1. The van der Waals surface area contributed by atoms with Gasteiger partial charge in [0.05, 0.1) is 11.7 Å². The normalized spacial score (nSPS) is 12.5. The van der Waals surface area contributed by atoms with Crippen LogP contribution < -0.4 is 5.32 Å². The first-order valence-corrected chi connectivity index (χ1v) is 3.70. The molecule has 0 bridgehead atoms. The molecule has 2 nitrogen and oxygen atoms in total. The molecule has 0 aliphatic carbocycles. The highest BCUT2D eigenvalue weighted by Crippen LogP contribution is 2.13. The second-order valence-electron chi connectivity index (χ2n) is 2.37. The minimum Gasteiger partial charge on any atom is -0.308 e. The van der Waals surface area contributed by atoms with Crippen LogP contribution in [-0.2, 0) is 0 Å². The van der Waals surface area contributed by atoms with Gasteiger partial charge in [-0.25, -0.2) is 4.39 Å². The number of nitrogens with zero attached hydrogens (tertiary/aromatic N) is 1. The van der Waals surface area contributed by atoms with Gasteiger partial charge in [0.1, 0.15) is 5.82 Å². The van der Waals surface area contributed by atoms with Crippen LogP contribution >= 0.6 is 0 Å². The smallest absolute Gasteiger partial charge is 0.146 e. The summed E-state index contributed by atoms with van der Waals surface area (Å²) in [5.41, 5.74) is 0.384. The molecule has 12 heavy (non-hydrogen) atoms. The van der Waals surface area contributed by atoms with Crippen molar-refractivity contribution in [2.75, 3.05) is 7.05 Å². The molecular formula is C9H11FN2. The van der Waals surface area contributed by atoms with Crippen molar-refractivity contribution in [2.45, 2.75) is 6.04 Å². The lowest BCUT2D eigenvalue weighted by Crippen LogP contribution is -2.16. The summed E-state index contributed by atoms with van der Waals surface area (Å²) in [6, 6.07) is 2.73. The lowest BCUT2D eigenvalue weighted by Gasteiger charge is -2.10. The van der Waals surface area contributed by atoms with E-state index in [4.69, 9.17) is 0 Å². The van der Waals surface area contributed by atoms with Crippen molar-refractivity contribution in [1.29, 1.82) is 0 Å². The van der Waals surface area contributed by atoms with Gasteiger partial charge in [-0.1, -0.05) is 6.08 Å². The number of rotatable bonds is 3. The summed E-state index contributed by atoms with van der Waals surface area (Å²) in [5.74, 6) is -0.309. The molecule has 3 heteroatoms. The van der Waals surface area contributed by atoms with Crippen LogP contribution in [0, 0.1) is 5.82 Å². The van der Waals surface area contributed by atoms with E-state index in [1.165, 1.54) is 6.07 Å². The zero-order chi connectivity index (χ0) is 8.97. The largest absolute Gasteiger partial charge is 0.308 e. The van der Waals surface area contributed by atoms with Gasteiger partial charge in [-0.3, -0.25) is 4.98 Å². The number of hydrogen-bond acceptors (Lipinski definition) is 2. The molecule has 0 amide bonds. The quantitative estimate of drug-likeness (QED) is 0.691. The average molecular weight is 166 g/mol. The highest BCUT2D eigenvalue weighted by atomic mass is 19.1. The Labute approximate surface area is 71.1 Å². The van der Waals surface area contributed by atoms with Crippen LogP contribution in [0.2, 0.25) is 0 Å². The van der Waals surface area contributed by atoms with Gasteiger partial charge in [-0.05, 0) is 19.2 Å². The van der Waals surface area contributed by atoms with Crippen LogP contribution in [0.4, 0.5) is 4.39 Å². The Kier molecular flexibility index (Phi) is 2.94. The minimum atomic E-state index is -0.309. The topological polar surface area (TPSA) is 24.9 Å². The molecule has 0 fully saturated rings. The van der Waals surface area contributed by atoms with Crippen LogP contribution in [-0.4, -0.2) is 12.0 Å². The molecule has 1 rings (SSSR count). The summed E-state index contributed by atoms with van der Waals surface area (Å²) >= 11 is 0. The second-order valence-corrected chi connectivity index (χ2v) is 2.37. The average Bonchev–Trinajstić information content (AvgIpc) is 2.10. The van der Waals surface area contributed by atoms with E-state index in [9.17, 15) is 4.39 Å². The van der Waals surface area contributed by atoms with Gasteiger partial charge in [0.2, 0.25) is 0 Å². The molecule has 0 saturated heterocycles. The Morgan fingerprint density at radius 1 is 1.75 bits per heavy atom. The van der Waals surface area contributed by atoms with Gasteiger partial charge in [0, 0.05) is 6.20 Å². The third-order valence-corrected chi connectivity index (χ3v) is 1.63. The Bertz CT molecular complexity index is 273. The van der Waals surface area contributed by atoms with Gasteiger partial charge >= 0.3 is 0 Å². The Balaban J connectivity index is 3.00. The highest BCUT2D eigenvalue weighted by Gasteiger charge is 2.10. The number of pyridine rings is 1. The molecule has 64 valence electrons. The van der Waals surface area contributed by atoms with Gasteiger partial charge in [-0.2, -0.15) is 0 Å². The fraction of sp³-hybridized carbons (Fsp3) is 0.222. The van der Waals surface area contributed by atoms with Crippen LogP contribution in [0.5, 0.6) is 0 Å². The first-order chi connectivity index (χ1) is 5.79. The van der Waals surface area contributed by atoms with Crippen molar-refractivity contribution in [3.8, 4) is 0 Å². The van der Waals surface area contributed by atoms with E-state index in [2.05, 4.69) is 16.9 Å².